The van der Waals surface area contributed by atoms with Crippen molar-refractivity contribution in [3.05, 3.63) is 0 Å². The summed E-state index contributed by atoms with van der Waals surface area (Å²) >= 11 is 0. The van der Waals surface area contributed by atoms with Crippen LogP contribution in [0.3, 0.4) is 0 Å². The van der Waals surface area contributed by atoms with E-state index in [1.165, 1.54) is 32.1 Å². The topological polar surface area (TPSA) is 15.3 Å². The Morgan fingerprint density at radius 2 is 1.85 bits per heavy atom. The lowest BCUT2D eigenvalue weighted by atomic mass is 9.78. The van der Waals surface area contributed by atoms with Crippen molar-refractivity contribution in [2.75, 3.05) is 13.6 Å². The van der Waals surface area contributed by atoms with Crippen LogP contribution >= 0.6 is 0 Å². The summed E-state index contributed by atoms with van der Waals surface area (Å²) in [5.74, 6) is 0.925. The summed E-state index contributed by atoms with van der Waals surface area (Å²) < 4.78 is 0. The van der Waals surface area contributed by atoms with Crippen molar-refractivity contribution in [2.45, 2.75) is 91.8 Å². The molecule has 4 atom stereocenters. The van der Waals surface area contributed by atoms with Crippen molar-refractivity contribution in [1.29, 1.82) is 0 Å². The quantitative estimate of drug-likeness (QED) is 0.781. The van der Waals surface area contributed by atoms with Crippen molar-refractivity contribution in [2.24, 2.45) is 11.3 Å². The fraction of sp³-hybridized carbons (Fsp3) is 1.00. The van der Waals surface area contributed by atoms with Crippen molar-refractivity contribution in [3.8, 4) is 0 Å². The SMILES string of the molecule is CCCNC1CCC(CC)CC1N(C)C(C)C(C)(C)C. The Hall–Kier alpha value is -0.0800. The maximum absolute atomic E-state index is 3.81. The van der Waals surface area contributed by atoms with Gasteiger partial charge in [0.05, 0.1) is 0 Å². The largest absolute Gasteiger partial charge is 0.312 e. The molecule has 0 spiro atoms. The molecule has 0 aromatic rings. The Kier molecular flexibility index (Phi) is 7.00. The van der Waals surface area contributed by atoms with E-state index in [4.69, 9.17) is 0 Å². The van der Waals surface area contributed by atoms with Crippen LogP contribution in [-0.2, 0) is 0 Å². The highest BCUT2D eigenvalue weighted by Crippen LogP contribution is 2.33. The predicted octanol–water partition coefficient (Wildman–Crippen LogP) is 4.30. The van der Waals surface area contributed by atoms with Crippen molar-refractivity contribution in [3.63, 3.8) is 0 Å². The molecule has 0 radical (unpaired) electrons. The third kappa shape index (κ3) is 4.73. The van der Waals surface area contributed by atoms with Crippen LogP contribution in [0.15, 0.2) is 0 Å². The predicted molar refractivity (Wildman–Crippen MR) is 90.2 cm³/mol. The summed E-state index contributed by atoms with van der Waals surface area (Å²) in [5.41, 5.74) is 0.350. The molecular weight excluding hydrogens is 244 g/mol. The summed E-state index contributed by atoms with van der Waals surface area (Å²) in [5, 5.41) is 3.81. The Morgan fingerprint density at radius 3 is 2.35 bits per heavy atom. The van der Waals surface area contributed by atoms with Crippen LogP contribution in [0.1, 0.15) is 73.6 Å². The molecule has 2 heteroatoms. The molecule has 0 heterocycles. The van der Waals surface area contributed by atoms with Crippen molar-refractivity contribution in [1.82, 2.24) is 10.2 Å². The van der Waals surface area contributed by atoms with Gasteiger partial charge in [0.15, 0.2) is 0 Å². The molecule has 1 rings (SSSR count). The zero-order valence-electron chi connectivity index (χ0n) is 15.0. The molecule has 0 aromatic heterocycles. The molecule has 0 bridgehead atoms. The maximum atomic E-state index is 3.81. The number of nitrogens with zero attached hydrogens (tertiary/aromatic N) is 1. The van der Waals surface area contributed by atoms with Crippen LogP contribution in [0.4, 0.5) is 0 Å². The third-order valence-electron chi connectivity index (χ3n) is 5.55. The van der Waals surface area contributed by atoms with Gasteiger partial charge in [-0.15, -0.1) is 0 Å². The standard InChI is InChI=1S/C18H38N2/c1-8-12-19-16-11-10-15(9-2)13-17(16)20(7)14(3)18(4,5)6/h14-17,19H,8-13H2,1-7H3. The van der Waals surface area contributed by atoms with Crippen LogP contribution in [0.5, 0.6) is 0 Å². The van der Waals surface area contributed by atoms with Gasteiger partial charge < -0.3 is 5.32 Å². The van der Waals surface area contributed by atoms with E-state index in [1.54, 1.807) is 0 Å². The number of hydrogen-bond donors (Lipinski definition) is 1. The Balaban J connectivity index is 2.76. The van der Waals surface area contributed by atoms with Gasteiger partial charge in [0.1, 0.15) is 0 Å². The zero-order valence-corrected chi connectivity index (χ0v) is 15.0. The Morgan fingerprint density at radius 1 is 1.20 bits per heavy atom. The first-order valence-corrected chi connectivity index (χ1v) is 8.76. The Bertz CT molecular complexity index is 269. The molecule has 2 nitrogen and oxygen atoms in total. The highest BCUT2D eigenvalue weighted by atomic mass is 15.2. The van der Waals surface area contributed by atoms with Gasteiger partial charge in [0.25, 0.3) is 0 Å². The molecule has 0 amide bonds. The van der Waals surface area contributed by atoms with Crippen LogP contribution < -0.4 is 5.32 Å². The average molecular weight is 283 g/mol. The summed E-state index contributed by atoms with van der Waals surface area (Å²) in [6, 6.07) is 2.01. The van der Waals surface area contributed by atoms with E-state index in [-0.39, 0.29) is 0 Å². The molecule has 4 unspecified atom stereocenters. The minimum atomic E-state index is 0.350. The van der Waals surface area contributed by atoms with Crippen LogP contribution in [0.2, 0.25) is 0 Å². The van der Waals surface area contributed by atoms with E-state index in [0.29, 0.717) is 23.5 Å². The summed E-state index contributed by atoms with van der Waals surface area (Å²) in [4.78, 5) is 2.66. The van der Waals surface area contributed by atoms with E-state index < -0.39 is 0 Å². The highest BCUT2D eigenvalue weighted by molar-refractivity contribution is 4.93. The fourth-order valence-electron chi connectivity index (χ4n) is 3.52. The van der Waals surface area contributed by atoms with Gasteiger partial charge in [0, 0.05) is 18.1 Å². The summed E-state index contributed by atoms with van der Waals surface area (Å²) in [6.07, 6.45) is 6.71. The van der Waals surface area contributed by atoms with E-state index in [9.17, 15) is 0 Å². The van der Waals surface area contributed by atoms with Gasteiger partial charge in [-0.05, 0) is 57.5 Å². The first kappa shape index (κ1) is 18.0. The first-order chi connectivity index (χ1) is 9.31. The van der Waals surface area contributed by atoms with E-state index in [1.807, 2.05) is 0 Å². The average Bonchev–Trinajstić information content (AvgIpc) is 2.42. The smallest absolute Gasteiger partial charge is 0.0251 e. The van der Waals surface area contributed by atoms with Crippen LogP contribution in [0.25, 0.3) is 0 Å². The summed E-state index contributed by atoms with van der Waals surface area (Å²) in [7, 11) is 2.35. The minimum Gasteiger partial charge on any atom is -0.312 e. The molecular formula is C18H38N2. The van der Waals surface area contributed by atoms with Gasteiger partial charge in [-0.2, -0.15) is 0 Å². The van der Waals surface area contributed by atoms with Gasteiger partial charge in [0.2, 0.25) is 0 Å². The number of hydrogen-bond acceptors (Lipinski definition) is 2. The van der Waals surface area contributed by atoms with Crippen LogP contribution in [-0.4, -0.2) is 36.6 Å². The normalized spacial score (nSPS) is 29.7. The van der Waals surface area contributed by atoms with E-state index >= 15 is 0 Å². The number of nitrogens with one attached hydrogen (secondary N) is 1. The second kappa shape index (κ2) is 7.79. The maximum Gasteiger partial charge on any atom is 0.0251 e. The van der Waals surface area contributed by atoms with Gasteiger partial charge in [-0.25, -0.2) is 0 Å². The lowest BCUT2D eigenvalue weighted by Crippen LogP contribution is -2.56. The molecule has 1 aliphatic carbocycles. The summed E-state index contributed by atoms with van der Waals surface area (Å²) in [6.45, 7) is 15.3. The van der Waals surface area contributed by atoms with Gasteiger partial charge in [-0.1, -0.05) is 41.0 Å². The second-order valence-electron chi connectivity index (χ2n) is 7.92. The zero-order chi connectivity index (χ0) is 15.3. The Labute approximate surface area is 127 Å². The minimum absolute atomic E-state index is 0.350. The van der Waals surface area contributed by atoms with Crippen molar-refractivity contribution >= 4 is 0 Å². The highest BCUT2D eigenvalue weighted by Gasteiger charge is 2.36. The molecule has 1 fully saturated rings. The number of rotatable bonds is 6. The van der Waals surface area contributed by atoms with E-state index in [0.717, 1.165) is 12.5 Å². The lowest BCUT2D eigenvalue weighted by molar-refractivity contribution is 0.0439. The van der Waals surface area contributed by atoms with Gasteiger partial charge >= 0.3 is 0 Å². The van der Waals surface area contributed by atoms with Crippen molar-refractivity contribution < 1.29 is 0 Å². The van der Waals surface area contributed by atoms with E-state index in [2.05, 4.69) is 58.8 Å². The molecule has 0 aromatic carbocycles. The molecule has 1 aliphatic rings. The molecule has 20 heavy (non-hydrogen) atoms. The molecule has 1 N–H and O–H groups in total. The molecule has 0 aliphatic heterocycles. The molecule has 1 saturated carbocycles. The number of likely N-dealkylation sites (N-methyl/N-ethyl adjacent to an activating group) is 1. The monoisotopic (exact) mass is 282 g/mol. The fourth-order valence-corrected chi connectivity index (χ4v) is 3.52. The third-order valence-corrected chi connectivity index (χ3v) is 5.55. The second-order valence-corrected chi connectivity index (χ2v) is 7.92. The molecule has 0 saturated heterocycles. The first-order valence-electron chi connectivity index (χ1n) is 8.76. The lowest BCUT2D eigenvalue weighted by Gasteiger charge is -2.47. The molecule has 120 valence electrons. The van der Waals surface area contributed by atoms with Crippen LogP contribution in [0, 0.1) is 11.3 Å². The van der Waals surface area contributed by atoms with Gasteiger partial charge in [-0.3, -0.25) is 4.90 Å².